The van der Waals surface area contributed by atoms with Gasteiger partial charge in [-0.05, 0) is 24.3 Å². The van der Waals surface area contributed by atoms with Gasteiger partial charge in [-0.1, -0.05) is 12.1 Å². The Balaban J connectivity index is 2.04. The van der Waals surface area contributed by atoms with Gasteiger partial charge in [0, 0.05) is 23.3 Å². The van der Waals surface area contributed by atoms with Gasteiger partial charge in [-0.25, -0.2) is 14.5 Å². The van der Waals surface area contributed by atoms with E-state index in [9.17, 15) is 0 Å². The fraction of sp³-hybridized carbons (Fsp3) is 0. The molecule has 3 heterocycles. The van der Waals surface area contributed by atoms with Gasteiger partial charge >= 0.3 is 0 Å². The zero-order valence-corrected chi connectivity index (χ0v) is 9.93. The molecule has 4 rings (SSSR count). The molecule has 0 saturated heterocycles. The zero-order chi connectivity index (χ0) is 12.7. The monoisotopic (exact) mass is 247 g/mol. The molecule has 0 aliphatic rings. The summed E-state index contributed by atoms with van der Waals surface area (Å²) in [6, 6.07) is 11.7. The number of rotatable bonds is 1. The molecular weight excluding hydrogens is 238 g/mol. The lowest BCUT2D eigenvalue weighted by Crippen LogP contribution is -1.90. The number of hydrogen-bond donors (Lipinski definition) is 0. The van der Waals surface area contributed by atoms with E-state index in [1.165, 1.54) is 0 Å². The second kappa shape index (κ2) is 3.84. The maximum Gasteiger partial charge on any atom is 0.182 e. The lowest BCUT2D eigenvalue weighted by molar-refractivity contribution is 0.938. The Labute approximate surface area is 108 Å². The normalized spacial score (nSPS) is 11.2. The quantitative estimate of drug-likeness (QED) is 0.518. The van der Waals surface area contributed by atoms with E-state index in [4.69, 9.17) is 0 Å². The number of fused-ring (bicyclic) bond motifs is 3. The first kappa shape index (κ1) is 10.1. The van der Waals surface area contributed by atoms with E-state index in [-0.39, 0.29) is 0 Å². The van der Waals surface area contributed by atoms with Gasteiger partial charge in [-0.2, -0.15) is 0 Å². The third-order valence-electron chi connectivity index (χ3n) is 3.02. The molecule has 4 aromatic rings. The highest BCUT2D eigenvalue weighted by Crippen LogP contribution is 2.20. The van der Waals surface area contributed by atoms with E-state index < -0.39 is 0 Å². The highest BCUT2D eigenvalue weighted by Gasteiger charge is 2.09. The fourth-order valence-corrected chi connectivity index (χ4v) is 2.10. The molecule has 0 unspecified atom stereocenters. The summed E-state index contributed by atoms with van der Waals surface area (Å²) >= 11 is 0. The van der Waals surface area contributed by atoms with Crippen molar-refractivity contribution in [3.05, 3.63) is 55.1 Å². The molecule has 0 N–H and O–H groups in total. The highest BCUT2D eigenvalue weighted by atomic mass is 15.3. The van der Waals surface area contributed by atoms with Crippen LogP contribution in [0.5, 0.6) is 0 Å². The molecule has 0 aliphatic carbocycles. The van der Waals surface area contributed by atoms with Crippen molar-refractivity contribution >= 4 is 16.6 Å². The van der Waals surface area contributed by atoms with Crippen LogP contribution in [0.2, 0.25) is 0 Å². The SMILES string of the molecule is c1ccc2c(c1)ncn1nc(-c3ccncc3)nc21. The largest absolute Gasteiger partial charge is 0.265 e. The predicted octanol–water partition coefficient (Wildman–Crippen LogP) is 2.34. The predicted molar refractivity (Wildman–Crippen MR) is 71.5 cm³/mol. The smallest absolute Gasteiger partial charge is 0.182 e. The molecule has 0 spiro atoms. The number of pyridine rings is 1. The Morgan fingerprint density at radius 2 is 1.79 bits per heavy atom. The summed E-state index contributed by atoms with van der Waals surface area (Å²) in [6.45, 7) is 0. The summed E-state index contributed by atoms with van der Waals surface area (Å²) in [6.07, 6.45) is 5.16. The van der Waals surface area contributed by atoms with Crippen molar-refractivity contribution in [2.75, 3.05) is 0 Å². The molecule has 0 atom stereocenters. The molecule has 0 saturated carbocycles. The molecule has 0 fully saturated rings. The van der Waals surface area contributed by atoms with Gasteiger partial charge in [0.15, 0.2) is 11.5 Å². The Bertz CT molecular complexity index is 867. The van der Waals surface area contributed by atoms with Gasteiger partial charge < -0.3 is 0 Å². The van der Waals surface area contributed by atoms with Crippen molar-refractivity contribution in [2.24, 2.45) is 0 Å². The standard InChI is InChI=1S/C14H9N5/c1-2-4-12-11(3-1)14-17-13(18-19(14)9-16-12)10-5-7-15-8-6-10/h1-9H. The summed E-state index contributed by atoms with van der Waals surface area (Å²) < 4.78 is 1.71. The number of para-hydroxylation sites is 1. The third kappa shape index (κ3) is 1.55. The van der Waals surface area contributed by atoms with Crippen molar-refractivity contribution in [3.63, 3.8) is 0 Å². The van der Waals surface area contributed by atoms with E-state index in [0.29, 0.717) is 5.82 Å². The zero-order valence-electron chi connectivity index (χ0n) is 9.93. The fourth-order valence-electron chi connectivity index (χ4n) is 2.10. The number of nitrogens with zero attached hydrogens (tertiary/aromatic N) is 5. The van der Waals surface area contributed by atoms with Crippen LogP contribution in [0, 0.1) is 0 Å². The van der Waals surface area contributed by atoms with Crippen LogP contribution in [0.1, 0.15) is 0 Å². The minimum Gasteiger partial charge on any atom is -0.265 e. The van der Waals surface area contributed by atoms with E-state index in [0.717, 1.165) is 22.1 Å². The summed E-state index contributed by atoms with van der Waals surface area (Å²) in [5, 5.41) is 5.45. The molecule has 3 aromatic heterocycles. The summed E-state index contributed by atoms with van der Waals surface area (Å²) in [4.78, 5) is 13.0. The molecule has 90 valence electrons. The Morgan fingerprint density at radius 1 is 0.947 bits per heavy atom. The van der Waals surface area contributed by atoms with Gasteiger partial charge in [0.05, 0.1) is 5.52 Å². The molecule has 5 nitrogen and oxygen atoms in total. The average molecular weight is 247 g/mol. The summed E-state index contributed by atoms with van der Waals surface area (Å²) in [7, 11) is 0. The van der Waals surface area contributed by atoms with Crippen LogP contribution in [0.25, 0.3) is 27.9 Å². The van der Waals surface area contributed by atoms with Gasteiger partial charge in [-0.15, -0.1) is 5.10 Å². The van der Waals surface area contributed by atoms with Crippen LogP contribution >= 0.6 is 0 Å². The molecule has 1 aromatic carbocycles. The van der Waals surface area contributed by atoms with Crippen molar-refractivity contribution < 1.29 is 0 Å². The first-order chi connectivity index (χ1) is 9.42. The summed E-state index contributed by atoms with van der Waals surface area (Å²) in [5.74, 6) is 0.681. The van der Waals surface area contributed by atoms with Crippen LogP contribution in [-0.2, 0) is 0 Å². The average Bonchev–Trinajstić information content (AvgIpc) is 2.93. The third-order valence-corrected chi connectivity index (χ3v) is 3.02. The summed E-state index contributed by atoms with van der Waals surface area (Å²) in [5.41, 5.74) is 2.68. The number of aromatic nitrogens is 5. The molecule has 19 heavy (non-hydrogen) atoms. The lowest BCUT2D eigenvalue weighted by Gasteiger charge is -1.96. The lowest BCUT2D eigenvalue weighted by atomic mass is 10.2. The topological polar surface area (TPSA) is 56.0 Å². The van der Waals surface area contributed by atoms with Gasteiger partial charge in [-0.3, -0.25) is 4.98 Å². The van der Waals surface area contributed by atoms with Crippen LogP contribution in [0.3, 0.4) is 0 Å². The maximum atomic E-state index is 4.60. The molecule has 0 amide bonds. The van der Waals surface area contributed by atoms with Crippen molar-refractivity contribution in [1.29, 1.82) is 0 Å². The van der Waals surface area contributed by atoms with E-state index in [1.54, 1.807) is 23.2 Å². The van der Waals surface area contributed by atoms with E-state index in [2.05, 4.69) is 20.1 Å². The molecule has 0 radical (unpaired) electrons. The minimum atomic E-state index is 0.681. The number of hydrogen-bond acceptors (Lipinski definition) is 4. The molecular formula is C14H9N5. The molecule has 0 bridgehead atoms. The number of benzene rings is 1. The van der Waals surface area contributed by atoms with E-state index in [1.807, 2.05) is 36.4 Å². The van der Waals surface area contributed by atoms with Crippen molar-refractivity contribution in [1.82, 2.24) is 24.6 Å². The highest BCUT2D eigenvalue weighted by molar-refractivity contribution is 5.91. The van der Waals surface area contributed by atoms with Crippen molar-refractivity contribution in [2.45, 2.75) is 0 Å². The van der Waals surface area contributed by atoms with Crippen LogP contribution in [0.15, 0.2) is 55.1 Å². The minimum absolute atomic E-state index is 0.681. The first-order valence-electron chi connectivity index (χ1n) is 5.92. The Hall–Kier alpha value is -2.82. The maximum absolute atomic E-state index is 4.60. The van der Waals surface area contributed by atoms with Crippen molar-refractivity contribution in [3.8, 4) is 11.4 Å². The second-order valence-electron chi connectivity index (χ2n) is 4.20. The first-order valence-corrected chi connectivity index (χ1v) is 5.92. The Morgan fingerprint density at radius 3 is 2.68 bits per heavy atom. The van der Waals surface area contributed by atoms with Gasteiger partial charge in [0.25, 0.3) is 0 Å². The van der Waals surface area contributed by atoms with E-state index >= 15 is 0 Å². The molecule has 5 heteroatoms. The Kier molecular flexibility index (Phi) is 2.05. The van der Waals surface area contributed by atoms with Gasteiger partial charge in [0.1, 0.15) is 6.33 Å². The van der Waals surface area contributed by atoms with Gasteiger partial charge in [0.2, 0.25) is 0 Å². The van der Waals surface area contributed by atoms with Crippen LogP contribution in [0.4, 0.5) is 0 Å². The van der Waals surface area contributed by atoms with Crippen LogP contribution in [-0.4, -0.2) is 24.6 Å². The second-order valence-corrected chi connectivity index (χ2v) is 4.20. The molecule has 0 aliphatic heterocycles. The van der Waals surface area contributed by atoms with Crippen LogP contribution < -0.4 is 0 Å².